The van der Waals surface area contributed by atoms with Gasteiger partial charge in [0.1, 0.15) is 5.15 Å². The fraction of sp³-hybridized carbons (Fsp3) is 0.222. The first-order valence-electron chi connectivity index (χ1n) is 3.72. The van der Waals surface area contributed by atoms with Crippen LogP contribution in [0.15, 0.2) is 31.0 Å². The molecule has 0 aliphatic rings. The van der Waals surface area contributed by atoms with Crippen molar-refractivity contribution in [2.24, 2.45) is 5.73 Å². The molecule has 0 amide bonds. The first kappa shape index (κ1) is 9.23. The van der Waals surface area contributed by atoms with Gasteiger partial charge in [0.2, 0.25) is 0 Å². The van der Waals surface area contributed by atoms with Crippen molar-refractivity contribution >= 4 is 11.6 Å². The highest BCUT2D eigenvalue weighted by Gasteiger charge is 2.03. The van der Waals surface area contributed by atoms with Crippen LogP contribution in [0.1, 0.15) is 18.0 Å². The summed E-state index contributed by atoms with van der Waals surface area (Å²) >= 11 is 5.70. The predicted octanol–water partition coefficient (Wildman–Crippen LogP) is 2.31. The molecule has 64 valence electrons. The Kier molecular flexibility index (Phi) is 3.26. The summed E-state index contributed by atoms with van der Waals surface area (Å²) in [6.07, 6.45) is 4.19. The van der Waals surface area contributed by atoms with E-state index in [9.17, 15) is 0 Å². The van der Waals surface area contributed by atoms with E-state index in [2.05, 4.69) is 11.6 Å². The molecular weight excluding hydrogens is 172 g/mol. The molecule has 0 saturated heterocycles. The zero-order chi connectivity index (χ0) is 8.97. The van der Waals surface area contributed by atoms with Gasteiger partial charge >= 0.3 is 0 Å². The van der Waals surface area contributed by atoms with E-state index in [1.165, 1.54) is 0 Å². The Bertz CT molecular complexity index is 273. The second-order valence-electron chi connectivity index (χ2n) is 2.54. The molecular formula is C9H11ClN2. The molecule has 1 rings (SSSR count). The maximum absolute atomic E-state index is 5.82. The lowest BCUT2D eigenvalue weighted by Crippen LogP contribution is -2.08. The number of hydrogen-bond acceptors (Lipinski definition) is 2. The third-order valence-corrected chi connectivity index (χ3v) is 1.81. The van der Waals surface area contributed by atoms with E-state index in [-0.39, 0.29) is 6.04 Å². The molecule has 1 atom stereocenters. The molecule has 12 heavy (non-hydrogen) atoms. The minimum Gasteiger partial charge on any atom is -0.324 e. The standard InChI is InChI=1S/C9H11ClN2/c1-2-3-8(11)7-4-5-12-9(10)6-7/h2,4-6,8H,1,3,11H2. The van der Waals surface area contributed by atoms with Gasteiger partial charge in [-0.2, -0.15) is 0 Å². The summed E-state index contributed by atoms with van der Waals surface area (Å²) in [6, 6.07) is 3.61. The van der Waals surface area contributed by atoms with E-state index < -0.39 is 0 Å². The second kappa shape index (κ2) is 4.24. The molecule has 0 fully saturated rings. The molecule has 3 heteroatoms. The van der Waals surface area contributed by atoms with Crippen molar-refractivity contribution in [1.82, 2.24) is 4.98 Å². The fourth-order valence-electron chi connectivity index (χ4n) is 0.964. The average molecular weight is 183 g/mol. The highest BCUT2D eigenvalue weighted by Crippen LogP contribution is 2.16. The van der Waals surface area contributed by atoms with Crippen LogP contribution < -0.4 is 5.73 Å². The lowest BCUT2D eigenvalue weighted by molar-refractivity contribution is 0.740. The summed E-state index contributed by atoms with van der Waals surface area (Å²) in [5.74, 6) is 0. The smallest absolute Gasteiger partial charge is 0.129 e. The molecule has 0 aliphatic heterocycles. The molecule has 2 nitrogen and oxygen atoms in total. The van der Waals surface area contributed by atoms with Gasteiger partial charge in [0.15, 0.2) is 0 Å². The topological polar surface area (TPSA) is 38.9 Å². The van der Waals surface area contributed by atoms with Crippen LogP contribution in [0.5, 0.6) is 0 Å². The third-order valence-electron chi connectivity index (χ3n) is 1.60. The highest BCUT2D eigenvalue weighted by molar-refractivity contribution is 6.29. The van der Waals surface area contributed by atoms with E-state index in [0.29, 0.717) is 5.15 Å². The number of nitrogens with zero attached hydrogens (tertiary/aromatic N) is 1. The largest absolute Gasteiger partial charge is 0.324 e. The molecule has 1 heterocycles. The number of rotatable bonds is 3. The van der Waals surface area contributed by atoms with Gasteiger partial charge in [0.05, 0.1) is 0 Å². The zero-order valence-electron chi connectivity index (χ0n) is 6.70. The Balaban J connectivity index is 2.80. The minimum absolute atomic E-state index is 0.0250. The SMILES string of the molecule is C=CCC(N)c1ccnc(Cl)c1. The van der Waals surface area contributed by atoms with E-state index in [4.69, 9.17) is 17.3 Å². The summed E-state index contributed by atoms with van der Waals surface area (Å²) in [7, 11) is 0. The quantitative estimate of drug-likeness (QED) is 0.576. The van der Waals surface area contributed by atoms with Crippen LogP contribution in [0.4, 0.5) is 0 Å². The first-order chi connectivity index (χ1) is 5.74. The van der Waals surface area contributed by atoms with Gasteiger partial charge in [-0.3, -0.25) is 0 Å². The van der Waals surface area contributed by atoms with Crippen molar-refractivity contribution < 1.29 is 0 Å². The number of hydrogen-bond donors (Lipinski definition) is 1. The Hall–Kier alpha value is -0.860. The van der Waals surface area contributed by atoms with Gasteiger partial charge in [0, 0.05) is 12.2 Å². The summed E-state index contributed by atoms with van der Waals surface area (Å²) in [4.78, 5) is 3.87. The van der Waals surface area contributed by atoms with E-state index in [1.54, 1.807) is 18.3 Å². The van der Waals surface area contributed by atoms with Crippen LogP contribution in [0.25, 0.3) is 0 Å². The summed E-state index contributed by atoms with van der Waals surface area (Å²) in [5, 5.41) is 0.479. The van der Waals surface area contributed by atoms with Crippen molar-refractivity contribution in [2.45, 2.75) is 12.5 Å². The maximum Gasteiger partial charge on any atom is 0.129 e. The number of aromatic nitrogens is 1. The Morgan fingerprint density at radius 1 is 1.75 bits per heavy atom. The second-order valence-corrected chi connectivity index (χ2v) is 2.93. The molecule has 0 aliphatic carbocycles. The molecule has 0 aromatic carbocycles. The molecule has 1 unspecified atom stereocenters. The molecule has 0 spiro atoms. The van der Waals surface area contributed by atoms with E-state index in [0.717, 1.165) is 12.0 Å². The number of nitrogens with two attached hydrogens (primary N) is 1. The van der Waals surface area contributed by atoms with Crippen LogP contribution in [0.3, 0.4) is 0 Å². The van der Waals surface area contributed by atoms with Crippen LogP contribution in [-0.2, 0) is 0 Å². The predicted molar refractivity (Wildman–Crippen MR) is 51.0 cm³/mol. The van der Waals surface area contributed by atoms with Crippen molar-refractivity contribution in [3.63, 3.8) is 0 Å². The molecule has 1 aromatic heterocycles. The lowest BCUT2D eigenvalue weighted by atomic mass is 10.1. The summed E-state index contributed by atoms with van der Waals surface area (Å²) in [5.41, 5.74) is 6.81. The average Bonchev–Trinajstić information content (AvgIpc) is 2.05. The molecule has 2 N–H and O–H groups in total. The van der Waals surface area contributed by atoms with Crippen LogP contribution in [-0.4, -0.2) is 4.98 Å². The molecule has 1 aromatic rings. The normalized spacial score (nSPS) is 12.5. The van der Waals surface area contributed by atoms with Gasteiger partial charge in [-0.1, -0.05) is 17.7 Å². The fourth-order valence-corrected chi connectivity index (χ4v) is 1.15. The lowest BCUT2D eigenvalue weighted by Gasteiger charge is -2.08. The third kappa shape index (κ3) is 2.32. The highest BCUT2D eigenvalue weighted by atomic mass is 35.5. The van der Waals surface area contributed by atoms with Gasteiger partial charge in [-0.25, -0.2) is 4.98 Å². The minimum atomic E-state index is -0.0250. The Morgan fingerprint density at radius 2 is 2.50 bits per heavy atom. The van der Waals surface area contributed by atoms with Gasteiger partial charge < -0.3 is 5.73 Å². The van der Waals surface area contributed by atoms with Gasteiger partial charge in [-0.05, 0) is 24.1 Å². The van der Waals surface area contributed by atoms with Crippen LogP contribution in [0.2, 0.25) is 5.15 Å². The van der Waals surface area contributed by atoms with Crippen molar-refractivity contribution in [3.05, 3.63) is 41.7 Å². The van der Waals surface area contributed by atoms with Crippen molar-refractivity contribution in [2.75, 3.05) is 0 Å². The molecule has 0 saturated carbocycles. The van der Waals surface area contributed by atoms with E-state index >= 15 is 0 Å². The van der Waals surface area contributed by atoms with Gasteiger partial charge in [0.25, 0.3) is 0 Å². The summed E-state index contributed by atoms with van der Waals surface area (Å²) in [6.45, 7) is 3.62. The monoisotopic (exact) mass is 182 g/mol. The zero-order valence-corrected chi connectivity index (χ0v) is 7.46. The number of halogens is 1. The molecule has 0 radical (unpaired) electrons. The van der Waals surface area contributed by atoms with E-state index in [1.807, 2.05) is 6.07 Å². The Morgan fingerprint density at radius 3 is 3.08 bits per heavy atom. The van der Waals surface area contributed by atoms with Crippen molar-refractivity contribution in [3.8, 4) is 0 Å². The van der Waals surface area contributed by atoms with Crippen LogP contribution >= 0.6 is 11.6 Å². The van der Waals surface area contributed by atoms with Crippen LogP contribution in [0, 0.1) is 0 Å². The molecule has 0 bridgehead atoms. The number of pyridine rings is 1. The van der Waals surface area contributed by atoms with Crippen molar-refractivity contribution in [1.29, 1.82) is 0 Å². The Labute approximate surface area is 77.1 Å². The summed E-state index contributed by atoms with van der Waals surface area (Å²) < 4.78 is 0. The maximum atomic E-state index is 5.82. The first-order valence-corrected chi connectivity index (χ1v) is 4.09. The van der Waals surface area contributed by atoms with Gasteiger partial charge in [-0.15, -0.1) is 6.58 Å².